The monoisotopic (exact) mass is 407 g/mol. The zero-order valence-corrected chi connectivity index (χ0v) is 17.1. The SMILES string of the molecule is COC(=O)C(C)OC(=O)C1=C(C)N=C(C)C(C(=O)OC)C1c1ccccc1Cl. The molecular weight excluding hydrogens is 386 g/mol. The van der Waals surface area contributed by atoms with Crippen molar-refractivity contribution >= 4 is 35.2 Å². The Bertz CT molecular complexity index is 860. The van der Waals surface area contributed by atoms with Crippen LogP contribution in [0.25, 0.3) is 0 Å². The molecule has 0 bridgehead atoms. The number of carbonyl (C=O) groups excluding carboxylic acids is 3. The zero-order chi connectivity index (χ0) is 21.0. The van der Waals surface area contributed by atoms with Crippen molar-refractivity contribution in [1.29, 1.82) is 0 Å². The number of halogens is 1. The van der Waals surface area contributed by atoms with Crippen LogP contribution in [0.1, 0.15) is 32.3 Å². The van der Waals surface area contributed by atoms with Crippen LogP contribution in [0, 0.1) is 5.92 Å². The van der Waals surface area contributed by atoms with Crippen molar-refractivity contribution in [3.8, 4) is 0 Å². The lowest BCUT2D eigenvalue weighted by molar-refractivity contribution is -0.162. The predicted octanol–water partition coefficient (Wildman–Crippen LogP) is 3.07. The topological polar surface area (TPSA) is 91.3 Å². The van der Waals surface area contributed by atoms with E-state index in [4.69, 9.17) is 21.1 Å². The standard InChI is InChI=1S/C20H22ClNO6/c1-10-15(19(24)27-5)17(13-8-6-7-9-14(13)21)16(11(2)22-10)20(25)28-12(3)18(23)26-4/h6-9,12,15,17H,1-5H3. The highest BCUT2D eigenvalue weighted by atomic mass is 35.5. The number of hydrogen-bond donors (Lipinski definition) is 0. The van der Waals surface area contributed by atoms with E-state index < -0.39 is 35.8 Å². The van der Waals surface area contributed by atoms with Crippen LogP contribution in [0.3, 0.4) is 0 Å². The van der Waals surface area contributed by atoms with Gasteiger partial charge in [0, 0.05) is 22.3 Å². The van der Waals surface area contributed by atoms with E-state index in [9.17, 15) is 14.4 Å². The van der Waals surface area contributed by atoms with Crippen LogP contribution in [0.2, 0.25) is 5.02 Å². The quantitative estimate of drug-likeness (QED) is 0.550. The maximum absolute atomic E-state index is 12.9. The Morgan fingerprint density at radius 1 is 1.11 bits per heavy atom. The number of benzene rings is 1. The Hall–Kier alpha value is -2.67. The van der Waals surface area contributed by atoms with Crippen LogP contribution >= 0.6 is 11.6 Å². The van der Waals surface area contributed by atoms with Gasteiger partial charge in [-0.25, -0.2) is 9.59 Å². The molecule has 1 aliphatic rings. The van der Waals surface area contributed by atoms with E-state index in [-0.39, 0.29) is 5.57 Å². The molecule has 8 heteroatoms. The fourth-order valence-corrected chi connectivity index (χ4v) is 3.49. The number of hydrogen-bond acceptors (Lipinski definition) is 7. The molecule has 28 heavy (non-hydrogen) atoms. The van der Waals surface area contributed by atoms with Gasteiger partial charge in [-0.05, 0) is 32.4 Å². The summed E-state index contributed by atoms with van der Waals surface area (Å²) in [5, 5.41) is 0.384. The molecule has 3 unspecified atom stereocenters. The summed E-state index contributed by atoms with van der Waals surface area (Å²) < 4.78 is 14.8. The maximum Gasteiger partial charge on any atom is 0.346 e. The van der Waals surface area contributed by atoms with Gasteiger partial charge in [0.05, 0.1) is 19.8 Å². The van der Waals surface area contributed by atoms with Crippen LogP contribution in [0.5, 0.6) is 0 Å². The molecule has 0 N–H and O–H groups in total. The third-order valence-electron chi connectivity index (χ3n) is 4.56. The summed E-state index contributed by atoms with van der Waals surface area (Å²) in [6.07, 6.45) is -1.12. The third-order valence-corrected chi connectivity index (χ3v) is 4.90. The van der Waals surface area contributed by atoms with Crippen molar-refractivity contribution in [3.05, 3.63) is 46.1 Å². The van der Waals surface area contributed by atoms with Crippen LogP contribution in [0.4, 0.5) is 0 Å². The van der Waals surface area contributed by atoms with E-state index in [1.54, 1.807) is 38.1 Å². The van der Waals surface area contributed by atoms with Crippen molar-refractivity contribution in [3.63, 3.8) is 0 Å². The van der Waals surface area contributed by atoms with Gasteiger partial charge in [-0.1, -0.05) is 29.8 Å². The Balaban J connectivity index is 2.59. The lowest BCUT2D eigenvalue weighted by atomic mass is 9.75. The first-order valence-corrected chi connectivity index (χ1v) is 8.97. The Labute approximate surface area is 168 Å². The number of nitrogens with zero attached hydrogens (tertiary/aromatic N) is 1. The van der Waals surface area contributed by atoms with Gasteiger partial charge >= 0.3 is 17.9 Å². The Morgan fingerprint density at radius 2 is 1.75 bits per heavy atom. The number of rotatable bonds is 5. The minimum absolute atomic E-state index is 0.143. The van der Waals surface area contributed by atoms with Crippen LogP contribution in [-0.2, 0) is 28.6 Å². The van der Waals surface area contributed by atoms with Gasteiger partial charge in [-0.15, -0.1) is 0 Å². The minimum Gasteiger partial charge on any atom is -0.468 e. The van der Waals surface area contributed by atoms with E-state index in [0.29, 0.717) is 22.0 Å². The van der Waals surface area contributed by atoms with E-state index in [1.807, 2.05) is 0 Å². The zero-order valence-electron chi connectivity index (χ0n) is 16.3. The molecule has 1 heterocycles. The minimum atomic E-state index is -1.12. The van der Waals surface area contributed by atoms with Crippen molar-refractivity contribution < 1.29 is 28.6 Å². The summed E-state index contributed by atoms with van der Waals surface area (Å²) in [6, 6.07) is 6.90. The van der Waals surface area contributed by atoms with E-state index >= 15 is 0 Å². The molecule has 0 aliphatic carbocycles. The molecule has 1 aromatic carbocycles. The first kappa shape index (κ1) is 21.6. The first-order chi connectivity index (χ1) is 13.2. The number of ether oxygens (including phenoxy) is 3. The number of allylic oxidation sites excluding steroid dienone is 1. The van der Waals surface area contributed by atoms with Crippen LogP contribution in [0.15, 0.2) is 40.5 Å². The molecule has 0 saturated carbocycles. The average Bonchev–Trinajstić information content (AvgIpc) is 2.66. The molecular formula is C20H22ClNO6. The number of methoxy groups -OCH3 is 2. The second kappa shape index (κ2) is 9.01. The van der Waals surface area contributed by atoms with Crippen LogP contribution in [-0.4, -0.2) is 43.9 Å². The van der Waals surface area contributed by atoms with Gasteiger partial charge in [-0.2, -0.15) is 0 Å². The van der Waals surface area contributed by atoms with Gasteiger partial charge in [0.15, 0.2) is 6.10 Å². The summed E-state index contributed by atoms with van der Waals surface area (Å²) in [5.41, 5.74) is 1.58. The van der Waals surface area contributed by atoms with Crippen molar-refractivity contribution in [2.75, 3.05) is 14.2 Å². The van der Waals surface area contributed by atoms with Gasteiger partial charge in [-0.3, -0.25) is 9.79 Å². The summed E-state index contributed by atoms with van der Waals surface area (Å²) in [5.74, 6) is -3.64. The van der Waals surface area contributed by atoms with E-state index in [0.717, 1.165) is 0 Å². The number of aliphatic imine (C=N–C) groups is 1. The van der Waals surface area contributed by atoms with Crippen LogP contribution < -0.4 is 0 Å². The molecule has 0 amide bonds. The first-order valence-electron chi connectivity index (χ1n) is 8.59. The predicted molar refractivity (Wildman–Crippen MR) is 103 cm³/mol. The fourth-order valence-electron chi connectivity index (χ4n) is 3.24. The average molecular weight is 408 g/mol. The Kier molecular flexibility index (Phi) is 6.96. The molecule has 150 valence electrons. The molecule has 1 aliphatic heterocycles. The molecule has 0 radical (unpaired) electrons. The molecule has 0 spiro atoms. The van der Waals surface area contributed by atoms with Crippen molar-refractivity contribution in [2.45, 2.75) is 32.8 Å². The fraction of sp³-hybridized carbons (Fsp3) is 0.400. The number of esters is 3. The highest BCUT2D eigenvalue weighted by molar-refractivity contribution is 6.31. The molecule has 0 aromatic heterocycles. The summed E-state index contributed by atoms with van der Waals surface area (Å²) >= 11 is 6.37. The van der Waals surface area contributed by atoms with Gasteiger partial charge < -0.3 is 14.2 Å². The second-order valence-corrected chi connectivity index (χ2v) is 6.73. The summed E-state index contributed by atoms with van der Waals surface area (Å²) in [6.45, 7) is 4.73. The lowest BCUT2D eigenvalue weighted by Crippen LogP contribution is -2.37. The van der Waals surface area contributed by atoms with Crippen molar-refractivity contribution in [2.24, 2.45) is 10.9 Å². The molecule has 0 saturated heterocycles. The number of carbonyl (C=O) groups is 3. The van der Waals surface area contributed by atoms with Gasteiger partial charge in [0.25, 0.3) is 0 Å². The smallest absolute Gasteiger partial charge is 0.346 e. The van der Waals surface area contributed by atoms with E-state index in [1.165, 1.54) is 21.1 Å². The largest absolute Gasteiger partial charge is 0.468 e. The highest BCUT2D eigenvalue weighted by Gasteiger charge is 2.43. The Morgan fingerprint density at radius 3 is 2.32 bits per heavy atom. The molecule has 2 rings (SSSR count). The second-order valence-electron chi connectivity index (χ2n) is 6.32. The third kappa shape index (κ3) is 4.25. The van der Waals surface area contributed by atoms with Gasteiger partial charge in [0.1, 0.15) is 5.92 Å². The van der Waals surface area contributed by atoms with Gasteiger partial charge in [0.2, 0.25) is 0 Å². The summed E-state index contributed by atoms with van der Waals surface area (Å²) in [7, 11) is 2.47. The van der Waals surface area contributed by atoms with E-state index in [2.05, 4.69) is 9.73 Å². The summed E-state index contributed by atoms with van der Waals surface area (Å²) in [4.78, 5) is 41.5. The molecule has 0 fully saturated rings. The molecule has 1 aromatic rings. The normalized spacial score (nSPS) is 20.1. The molecule has 7 nitrogen and oxygen atoms in total. The lowest BCUT2D eigenvalue weighted by Gasteiger charge is -2.32. The molecule has 3 atom stereocenters. The van der Waals surface area contributed by atoms with Crippen molar-refractivity contribution in [1.82, 2.24) is 0 Å². The maximum atomic E-state index is 12.9. The highest BCUT2D eigenvalue weighted by Crippen LogP contribution is 2.42.